The van der Waals surface area contributed by atoms with Gasteiger partial charge in [-0.05, 0) is 55.2 Å². The second-order valence-electron chi connectivity index (χ2n) is 11.5. The highest BCUT2D eigenvalue weighted by atomic mass is 35.5. The number of ether oxygens (including phenoxy) is 1. The zero-order valence-electron chi connectivity index (χ0n) is 21.0. The lowest BCUT2D eigenvalue weighted by atomic mass is 9.82. The number of aliphatic hydroxyl groups is 1. The van der Waals surface area contributed by atoms with E-state index in [0.29, 0.717) is 43.3 Å². The molecule has 1 spiro atoms. The van der Waals surface area contributed by atoms with E-state index in [-0.39, 0.29) is 35.6 Å². The number of rotatable bonds is 4. The zero-order valence-corrected chi connectivity index (χ0v) is 21.7. The largest absolute Gasteiger partial charge is 0.389 e. The molecule has 2 aromatic rings. The Hall–Kier alpha value is -2.07. The molecular formula is C27H33ClF2N4O3. The molecule has 2 saturated heterocycles. The van der Waals surface area contributed by atoms with Gasteiger partial charge in [0.05, 0.1) is 35.6 Å². The molecule has 1 aromatic carbocycles. The Balaban J connectivity index is 1.13. The minimum Gasteiger partial charge on any atom is -0.389 e. The number of aliphatic hydroxyl groups excluding tert-OH is 1. The van der Waals surface area contributed by atoms with Crippen LogP contribution in [-0.4, -0.2) is 77.9 Å². The van der Waals surface area contributed by atoms with Crippen molar-refractivity contribution in [3.05, 3.63) is 29.4 Å². The smallest absolute Gasteiger partial charge is 0.248 e. The van der Waals surface area contributed by atoms with Gasteiger partial charge in [0.1, 0.15) is 5.82 Å². The molecule has 1 amide bonds. The van der Waals surface area contributed by atoms with Crippen LogP contribution >= 0.6 is 11.6 Å². The number of amides is 1. The molecule has 2 aliphatic heterocycles. The van der Waals surface area contributed by atoms with Gasteiger partial charge in [-0.25, -0.2) is 13.8 Å². The Kier molecular flexibility index (Phi) is 6.14. The van der Waals surface area contributed by atoms with Gasteiger partial charge in [0.15, 0.2) is 0 Å². The fraction of sp³-hybridized carbons (Fsp3) is 0.630. The first-order valence-corrected chi connectivity index (χ1v) is 13.5. The Morgan fingerprint density at radius 3 is 2.54 bits per heavy atom. The molecular weight excluding hydrogens is 502 g/mol. The summed E-state index contributed by atoms with van der Waals surface area (Å²) in [7, 11) is 0. The molecule has 2 saturated carbocycles. The first-order chi connectivity index (χ1) is 17.6. The van der Waals surface area contributed by atoms with Gasteiger partial charge in [0, 0.05) is 56.5 Å². The number of hydrogen-bond acceptors (Lipinski definition) is 6. The van der Waals surface area contributed by atoms with Crippen LogP contribution in [0.25, 0.3) is 10.8 Å². The van der Waals surface area contributed by atoms with Crippen molar-refractivity contribution < 1.29 is 23.4 Å². The van der Waals surface area contributed by atoms with Crippen LogP contribution in [0.1, 0.15) is 39.0 Å². The van der Waals surface area contributed by atoms with Gasteiger partial charge in [-0.3, -0.25) is 9.69 Å². The molecule has 2 aliphatic carbocycles. The number of carbonyl (C=O) groups excluding carboxylic acids is 1. The van der Waals surface area contributed by atoms with E-state index in [0.717, 1.165) is 42.6 Å². The third-order valence-corrected chi connectivity index (χ3v) is 9.56. The Bertz CT molecular complexity index is 1210. The van der Waals surface area contributed by atoms with E-state index in [1.165, 1.54) is 0 Å². The summed E-state index contributed by atoms with van der Waals surface area (Å²) >= 11 is 6.66. The maximum absolute atomic E-state index is 13.6. The van der Waals surface area contributed by atoms with Crippen molar-refractivity contribution in [2.45, 2.75) is 56.6 Å². The summed E-state index contributed by atoms with van der Waals surface area (Å²) in [5.41, 5.74) is 0.301. The number of piperazine rings is 1. The number of alkyl halides is 2. The van der Waals surface area contributed by atoms with E-state index in [4.69, 9.17) is 16.3 Å². The van der Waals surface area contributed by atoms with Crippen LogP contribution in [0.15, 0.2) is 24.4 Å². The van der Waals surface area contributed by atoms with Crippen molar-refractivity contribution in [2.24, 2.45) is 11.3 Å². The van der Waals surface area contributed by atoms with Crippen LogP contribution < -0.4 is 10.2 Å². The standard InChI is InChI=1S/C27H33ClF2N4O3/c1-25(16-37-15-22(25)35)34-8-6-33(7-9-34)21-11-17-12-23(31-14-18(17)10-20(21)28)32-24(36)19-13-26(19)2-4-27(29,30)5-3-26/h10-12,14,19,22,35H,2-9,13,15-16H2,1H3,(H,31,32,36)/t19-,22-,25+/m1/s1. The molecule has 200 valence electrons. The number of aromatic nitrogens is 1. The van der Waals surface area contributed by atoms with Crippen molar-refractivity contribution in [1.82, 2.24) is 9.88 Å². The number of halogens is 3. The summed E-state index contributed by atoms with van der Waals surface area (Å²) in [5.74, 6) is -2.48. The van der Waals surface area contributed by atoms with Crippen molar-refractivity contribution >= 4 is 39.8 Å². The van der Waals surface area contributed by atoms with Crippen molar-refractivity contribution in [1.29, 1.82) is 0 Å². The quantitative estimate of drug-likeness (QED) is 0.608. The molecule has 4 aliphatic rings. The Morgan fingerprint density at radius 2 is 1.86 bits per heavy atom. The van der Waals surface area contributed by atoms with Crippen LogP contribution in [0.5, 0.6) is 0 Å². The predicted molar refractivity (Wildman–Crippen MR) is 138 cm³/mol. The predicted octanol–water partition coefficient (Wildman–Crippen LogP) is 4.31. The highest BCUT2D eigenvalue weighted by molar-refractivity contribution is 6.34. The fourth-order valence-electron chi connectivity index (χ4n) is 6.48. The number of pyridine rings is 1. The minimum absolute atomic E-state index is 0.129. The topological polar surface area (TPSA) is 77.9 Å². The van der Waals surface area contributed by atoms with E-state index in [1.807, 2.05) is 18.2 Å². The molecule has 3 atom stereocenters. The molecule has 2 N–H and O–H groups in total. The normalized spacial score (nSPS) is 31.1. The second kappa shape index (κ2) is 9.00. The number of nitrogens with zero attached hydrogens (tertiary/aromatic N) is 3. The first kappa shape index (κ1) is 25.2. The molecule has 37 heavy (non-hydrogen) atoms. The van der Waals surface area contributed by atoms with Crippen LogP contribution in [0.2, 0.25) is 5.02 Å². The number of hydrogen-bond donors (Lipinski definition) is 2. The number of carbonyl (C=O) groups is 1. The van der Waals surface area contributed by atoms with Gasteiger partial charge in [-0.1, -0.05) is 11.6 Å². The summed E-state index contributed by atoms with van der Waals surface area (Å²) in [5, 5.41) is 15.8. The Labute approximate surface area is 220 Å². The van der Waals surface area contributed by atoms with Gasteiger partial charge in [0.2, 0.25) is 11.8 Å². The third kappa shape index (κ3) is 4.58. The molecule has 10 heteroatoms. The molecule has 0 unspecified atom stereocenters. The lowest BCUT2D eigenvalue weighted by molar-refractivity contribution is -0.119. The summed E-state index contributed by atoms with van der Waals surface area (Å²) in [6, 6.07) is 5.77. The monoisotopic (exact) mass is 534 g/mol. The lowest BCUT2D eigenvalue weighted by Crippen LogP contribution is -2.60. The molecule has 0 radical (unpaired) electrons. The number of benzene rings is 1. The van der Waals surface area contributed by atoms with Crippen molar-refractivity contribution in [3.63, 3.8) is 0 Å². The van der Waals surface area contributed by atoms with Crippen molar-refractivity contribution in [3.8, 4) is 0 Å². The number of nitrogens with one attached hydrogen (secondary N) is 1. The van der Waals surface area contributed by atoms with Crippen LogP contribution in [-0.2, 0) is 9.53 Å². The fourth-order valence-corrected chi connectivity index (χ4v) is 6.77. The average molecular weight is 535 g/mol. The summed E-state index contributed by atoms with van der Waals surface area (Å²) in [6.45, 7) is 6.07. The molecule has 4 fully saturated rings. The highest BCUT2D eigenvalue weighted by Gasteiger charge is 2.61. The molecule has 0 bridgehead atoms. The summed E-state index contributed by atoms with van der Waals surface area (Å²) in [4.78, 5) is 21.8. The lowest BCUT2D eigenvalue weighted by Gasteiger charge is -2.45. The molecule has 3 heterocycles. The molecule has 7 nitrogen and oxygen atoms in total. The number of fused-ring (bicyclic) bond motifs is 1. The molecule has 6 rings (SSSR count). The van der Waals surface area contributed by atoms with Gasteiger partial charge in [0.25, 0.3) is 0 Å². The van der Waals surface area contributed by atoms with E-state index >= 15 is 0 Å². The summed E-state index contributed by atoms with van der Waals surface area (Å²) < 4.78 is 32.7. The van der Waals surface area contributed by atoms with Gasteiger partial charge in [-0.2, -0.15) is 0 Å². The highest BCUT2D eigenvalue weighted by Crippen LogP contribution is 2.63. The SMILES string of the molecule is C[C@]1(N2CCN(c3cc4cc(NC(=O)[C@H]5CC56CCC(F)(F)CC6)ncc4cc3Cl)CC2)COC[C@H]1O. The minimum atomic E-state index is -2.59. The molecule has 1 aromatic heterocycles. The average Bonchev–Trinajstić information content (AvgIpc) is 3.49. The van der Waals surface area contributed by atoms with Crippen molar-refractivity contribution in [2.75, 3.05) is 49.6 Å². The van der Waals surface area contributed by atoms with E-state index in [1.54, 1.807) is 6.20 Å². The zero-order chi connectivity index (χ0) is 26.0. The van der Waals surface area contributed by atoms with Crippen LogP contribution in [0.3, 0.4) is 0 Å². The van der Waals surface area contributed by atoms with E-state index < -0.39 is 12.0 Å². The van der Waals surface area contributed by atoms with Crippen LogP contribution in [0.4, 0.5) is 20.3 Å². The first-order valence-electron chi connectivity index (χ1n) is 13.1. The van der Waals surface area contributed by atoms with E-state index in [9.17, 15) is 18.7 Å². The number of anilines is 2. The van der Waals surface area contributed by atoms with Gasteiger partial charge < -0.3 is 20.1 Å². The Morgan fingerprint density at radius 1 is 1.14 bits per heavy atom. The third-order valence-electron chi connectivity index (χ3n) is 9.25. The summed E-state index contributed by atoms with van der Waals surface area (Å²) in [6.07, 6.45) is 2.44. The van der Waals surface area contributed by atoms with Gasteiger partial charge in [-0.15, -0.1) is 0 Å². The van der Waals surface area contributed by atoms with E-state index in [2.05, 4.69) is 27.0 Å². The maximum Gasteiger partial charge on any atom is 0.248 e. The van der Waals surface area contributed by atoms with Gasteiger partial charge >= 0.3 is 0 Å². The van der Waals surface area contributed by atoms with Crippen LogP contribution in [0, 0.1) is 11.3 Å². The second-order valence-corrected chi connectivity index (χ2v) is 12.0. The maximum atomic E-state index is 13.6.